The average Bonchev–Trinajstić information content (AvgIpc) is 2.98. The number of hydrogen-bond acceptors (Lipinski definition) is 3. The second kappa shape index (κ2) is 6.84. The van der Waals surface area contributed by atoms with Crippen LogP contribution in [0.3, 0.4) is 0 Å². The van der Waals surface area contributed by atoms with Crippen molar-refractivity contribution in [3.8, 4) is 5.75 Å². The molecule has 0 aliphatic rings. The SMILES string of the molecule is Cc1cccc(OCCN(C)C(=O)c2cc3ccccc3s2)c1. The van der Waals surface area contributed by atoms with Crippen LogP contribution in [0.25, 0.3) is 10.1 Å². The lowest BCUT2D eigenvalue weighted by Crippen LogP contribution is -2.30. The first-order valence-corrected chi connectivity index (χ1v) is 8.38. The zero-order valence-corrected chi connectivity index (χ0v) is 14.1. The number of benzene rings is 2. The van der Waals surface area contributed by atoms with E-state index in [-0.39, 0.29) is 5.91 Å². The number of likely N-dealkylation sites (N-methyl/N-ethyl adjacent to an activating group) is 1. The number of hydrogen-bond donors (Lipinski definition) is 0. The van der Waals surface area contributed by atoms with E-state index in [4.69, 9.17) is 4.74 Å². The Bertz CT molecular complexity index is 792. The van der Waals surface area contributed by atoms with Crippen molar-refractivity contribution >= 4 is 27.3 Å². The molecule has 1 aromatic heterocycles. The molecule has 0 bridgehead atoms. The van der Waals surface area contributed by atoms with Crippen molar-refractivity contribution in [3.05, 3.63) is 65.0 Å². The molecule has 0 unspecified atom stereocenters. The number of nitrogens with zero attached hydrogens (tertiary/aromatic N) is 1. The minimum Gasteiger partial charge on any atom is -0.492 e. The van der Waals surface area contributed by atoms with Crippen LogP contribution >= 0.6 is 11.3 Å². The van der Waals surface area contributed by atoms with E-state index < -0.39 is 0 Å². The van der Waals surface area contributed by atoms with Crippen LogP contribution in [0.5, 0.6) is 5.75 Å². The molecule has 1 amide bonds. The molecule has 0 saturated heterocycles. The summed E-state index contributed by atoms with van der Waals surface area (Å²) < 4.78 is 6.85. The Hall–Kier alpha value is -2.33. The fourth-order valence-corrected chi connectivity index (χ4v) is 3.44. The number of rotatable bonds is 5. The molecule has 3 nitrogen and oxygen atoms in total. The fraction of sp³-hybridized carbons (Fsp3) is 0.211. The van der Waals surface area contributed by atoms with Crippen LogP contribution in [-0.2, 0) is 0 Å². The second-order valence-electron chi connectivity index (χ2n) is 5.54. The average molecular weight is 325 g/mol. The minimum atomic E-state index is 0.0408. The van der Waals surface area contributed by atoms with Crippen LogP contribution < -0.4 is 4.74 Å². The highest BCUT2D eigenvalue weighted by Gasteiger charge is 2.14. The first-order valence-electron chi connectivity index (χ1n) is 7.57. The highest BCUT2D eigenvalue weighted by atomic mass is 32.1. The van der Waals surface area contributed by atoms with Crippen LogP contribution in [0.1, 0.15) is 15.2 Å². The third-order valence-corrected chi connectivity index (χ3v) is 4.77. The molecular formula is C19H19NO2S. The van der Waals surface area contributed by atoms with Crippen LogP contribution in [0.4, 0.5) is 0 Å². The monoisotopic (exact) mass is 325 g/mol. The molecule has 0 saturated carbocycles. The predicted octanol–water partition coefficient (Wildman–Crippen LogP) is 4.36. The third kappa shape index (κ3) is 3.71. The van der Waals surface area contributed by atoms with E-state index in [0.29, 0.717) is 13.2 Å². The number of carbonyl (C=O) groups is 1. The molecular weight excluding hydrogens is 306 g/mol. The Morgan fingerprint density at radius 2 is 1.96 bits per heavy atom. The molecule has 23 heavy (non-hydrogen) atoms. The summed E-state index contributed by atoms with van der Waals surface area (Å²) in [6.07, 6.45) is 0. The van der Waals surface area contributed by atoms with Gasteiger partial charge in [0.2, 0.25) is 0 Å². The van der Waals surface area contributed by atoms with Crippen LogP contribution in [0.2, 0.25) is 0 Å². The first kappa shape index (κ1) is 15.6. The van der Waals surface area contributed by atoms with Crippen molar-refractivity contribution in [3.63, 3.8) is 0 Å². The largest absolute Gasteiger partial charge is 0.492 e. The molecule has 0 aliphatic heterocycles. The van der Waals surface area contributed by atoms with Gasteiger partial charge in [-0.25, -0.2) is 0 Å². The highest BCUT2D eigenvalue weighted by molar-refractivity contribution is 7.20. The molecule has 0 aliphatic carbocycles. The van der Waals surface area contributed by atoms with Gasteiger partial charge in [0.05, 0.1) is 11.4 Å². The Morgan fingerprint density at radius 1 is 1.13 bits per heavy atom. The van der Waals surface area contributed by atoms with Crippen LogP contribution in [-0.4, -0.2) is 31.0 Å². The van der Waals surface area contributed by atoms with E-state index in [1.807, 2.05) is 68.6 Å². The standard InChI is InChI=1S/C19H19NO2S/c1-14-6-5-8-16(12-14)22-11-10-20(2)19(21)18-13-15-7-3-4-9-17(15)23-18/h3-9,12-13H,10-11H2,1-2H3. The topological polar surface area (TPSA) is 29.5 Å². The number of thiophene rings is 1. The predicted molar refractivity (Wildman–Crippen MR) is 95.5 cm³/mol. The molecule has 0 N–H and O–H groups in total. The lowest BCUT2D eigenvalue weighted by Gasteiger charge is -2.16. The molecule has 3 aromatic rings. The molecule has 0 fully saturated rings. The van der Waals surface area contributed by atoms with Crippen LogP contribution in [0, 0.1) is 6.92 Å². The molecule has 4 heteroatoms. The molecule has 0 spiro atoms. The summed E-state index contributed by atoms with van der Waals surface area (Å²) in [5, 5.41) is 1.12. The summed E-state index contributed by atoms with van der Waals surface area (Å²) >= 11 is 1.53. The Kier molecular flexibility index (Phi) is 4.63. The molecule has 118 valence electrons. The maximum atomic E-state index is 12.5. The van der Waals surface area contributed by atoms with Gasteiger partial charge < -0.3 is 9.64 Å². The fourth-order valence-electron chi connectivity index (χ4n) is 2.38. The normalized spacial score (nSPS) is 10.7. The van der Waals surface area contributed by atoms with Gasteiger partial charge in [-0.15, -0.1) is 11.3 Å². The molecule has 2 aromatic carbocycles. The van der Waals surface area contributed by atoms with Crippen molar-refractivity contribution in [2.45, 2.75) is 6.92 Å². The highest BCUT2D eigenvalue weighted by Crippen LogP contribution is 2.26. The Labute approximate surface area is 140 Å². The van der Waals surface area contributed by atoms with Crippen molar-refractivity contribution in [2.75, 3.05) is 20.2 Å². The summed E-state index contributed by atoms with van der Waals surface area (Å²) in [6, 6.07) is 17.9. The van der Waals surface area contributed by atoms with Gasteiger partial charge in [-0.05, 0) is 42.1 Å². The zero-order chi connectivity index (χ0) is 16.2. The van der Waals surface area contributed by atoms with E-state index in [1.54, 1.807) is 4.90 Å². The Morgan fingerprint density at radius 3 is 2.74 bits per heavy atom. The van der Waals surface area contributed by atoms with E-state index in [1.165, 1.54) is 11.3 Å². The van der Waals surface area contributed by atoms with Crippen molar-refractivity contribution < 1.29 is 9.53 Å². The molecule has 0 radical (unpaired) electrons. The van der Waals surface area contributed by atoms with E-state index >= 15 is 0 Å². The number of aryl methyl sites for hydroxylation is 1. The first-order chi connectivity index (χ1) is 11.1. The van der Waals surface area contributed by atoms with E-state index in [2.05, 4.69) is 0 Å². The van der Waals surface area contributed by atoms with Gasteiger partial charge in [0.1, 0.15) is 12.4 Å². The van der Waals surface area contributed by atoms with Gasteiger partial charge in [-0.1, -0.05) is 30.3 Å². The van der Waals surface area contributed by atoms with Gasteiger partial charge in [-0.3, -0.25) is 4.79 Å². The maximum Gasteiger partial charge on any atom is 0.263 e. The maximum absolute atomic E-state index is 12.5. The number of amides is 1. The third-order valence-electron chi connectivity index (χ3n) is 3.67. The van der Waals surface area contributed by atoms with Gasteiger partial charge in [0.25, 0.3) is 5.91 Å². The summed E-state index contributed by atoms with van der Waals surface area (Å²) in [5.74, 6) is 0.881. The second-order valence-corrected chi connectivity index (χ2v) is 6.62. The van der Waals surface area contributed by atoms with Crippen molar-refractivity contribution in [1.82, 2.24) is 4.90 Å². The molecule has 1 heterocycles. The van der Waals surface area contributed by atoms with E-state index in [0.717, 1.165) is 26.3 Å². The van der Waals surface area contributed by atoms with Crippen LogP contribution in [0.15, 0.2) is 54.6 Å². The number of fused-ring (bicyclic) bond motifs is 1. The van der Waals surface area contributed by atoms with Gasteiger partial charge in [0, 0.05) is 11.7 Å². The number of carbonyl (C=O) groups excluding carboxylic acids is 1. The summed E-state index contributed by atoms with van der Waals surface area (Å²) in [6.45, 7) is 3.07. The lowest BCUT2D eigenvalue weighted by molar-refractivity contribution is 0.0778. The number of ether oxygens (including phenoxy) is 1. The van der Waals surface area contributed by atoms with E-state index in [9.17, 15) is 4.79 Å². The zero-order valence-electron chi connectivity index (χ0n) is 13.3. The molecule has 0 atom stereocenters. The summed E-state index contributed by atoms with van der Waals surface area (Å²) in [7, 11) is 1.81. The smallest absolute Gasteiger partial charge is 0.263 e. The minimum absolute atomic E-state index is 0.0408. The summed E-state index contributed by atoms with van der Waals surface area (Å²) in [5.41, 5.74) is 1.16. The quantitative estimate of drug-likeness (QED) is 0.697. The molecule has 3 rings (SSSR count). The summed E-state index contributed by atoms with van der Waals surface area (Å²) in [4.78, 5) is 15.0. The van der Waals surface area contributed by atoms with Crippen molar-refractivity contribution in [2.24, 2.45) is 0 Å². The van der Waals surface area contributed by atoms with Gasteiger partial charge in [0.15, 0.2) is 0 Å². The van der Waals surface area contributed by atoms with Gasteiger partial charge in [-0.2, -0.15) is 0 Å². The van der Waals surface area contributed by atoms with Gasteiger partial charge >= 0.3 is 0 Å². The Balaban J connectivity index is 1.59. The lowest BCUT2D eigenvalue weighted by atomic mass is 10.2. The van der Waals surface area contributed by atoms with Crippen molar-refractivity contribution in [1.29, 1.82) is 0 Å².